The normalized spacial score (nSPS) is 11.1. The molecule has 2 N–H and O–H groups in total. The van der Waals surface area contributed by atoms with Crippen LogP contribution in [0.15, 0.2) is 66.7 Å². The van der Waals surface area contributed by atoms with Crippen molar-refractivity contribution in [2.45, 2.75) is 26.7 Å². The topological polar surface area (TPSA) is 75.1 Å². The van der Waals surface area contributed by atoms with Gasteiger partial charge in [0.2, 0.25) is 0 Å². The minimum absolute atomic E-state index is 0.253. The number of carboxylic acids is 1. The van der Waals surface area contributed by atoms with E-state index in [1.807, 2.05) is 18.2 Å². The van der Waals surface area contributed by atoms with Crippen LogP contribution in [0.25, 0.3) is 22.9 Å². The van der Waals surface area contributed by atoms with Crippen LogP contribution in [0.4, 0.5) is 11.5 Å². The number of nitrogens with zero attached hydrogens (tertiary/aromatic N) is 2. The summed E-state index contributed by atoms with van der Waals surface area (Å²) < 4.78 is 0. The molecule has 0 fully saturated rings. The summed E-state index contributed by atoms with van der Waals surface area (Å²) in [6, 6.07) is 21.0. The summed E-state index contributed by atoms with van der Waals surface area (Å²) >= 11 is 1.65. The number of aryl methyl sites for hydroxylation is 1. The smallest absolute Gasteiger partial charge is 0.335 e. The maximum Gasteiger partial charge on any atom is 0.335 e. The molecule has 5 nitrogen and oxygen atoms in total. The van der Waals surface area contributed by atoms with Crippen LogP contribution >= 0.6 is 11.3 Å². The van der Waals surface area contributed by atoms with Crippen LogP contribution in [-0.2, 0) is 12.8 Å². The Morgan fingerprint density at radius 3 is 2.36 bits per heavy atom. The molecule has 0 amide bonds. The molecule has 0 spiro atoms. The van der Waals surface area contributed by atoms with Gasteiger partial charge in [0.05, 0.1) is 10.4 Å². The van der Waals surface area contributed by atoms with Gasteiger partial charge in [-0.2, -0.15) is 0 Å². The van der Waals surface area contributed by atoms with Crippen LogP contribution in [0.2, 0.25) is 0 Å². The summed E-state index contributed by atoms with van der Waals surface area (Å²) in [6.07, 6.45) is 5.81. The lowest BCUT2D eigenvalue weighted by Gasteiger charge is -2.15. The average Bonchev–Trinajstić information content (AvgIpc) is 3.32. The lowest BCUT2D eigenvalue weighted by atomic mass is 10.1. The second-order valence-corrected chi connectivity index (χ2v) is 8.60. The fraction of sp³-hybridized carbons (Fsp3) is 0.148. The summed E-state index contributed by atoms with van der Waals surface area (Å²) in [5.41, 5.74) is 4.29. The van der Waals surface area contributed by atoms with Gasteiger partial charge in [-0.05, 0) is 60.9 Å². The Balaban J connectivity index is 1.64. The van der Waals surface area contributed by atoms with E-state index < -0.39 is 5.97 Å². The third-order valence-electron chi connectivity index (χ3n) is 5.26. The number of hydrogen-bond donors (Lipinski definition) is 2. The highest BCUT2D eigenvalue weighted by molar-refractivity contribution is 7.16. The molecule has 0 atom stereocenters. The first kappa shape index (κ1) is 22.4. The largest absolute Gasteiger partial charge is 0.478 e. The number of anilines is 2. The van der Waals surface area contributed by atoms with E-state index in [-0.39, 0.29) is 5.56 Å². The van der Waals surface area contributed by atoms with Crippen LogP contribution in [0.3, 0.4) is 0 Å². The molecule has 4 rings (SSSR count). The van der Waals surface area contributed by atoms with E-state index in [1.54, 1.807) is 35.6 Å². The van der Waals surface area contributed by atoms with Crippen molar-refractivity contribution in [2.75, 3.05) is 5.32 Å². The number of carboxylic acid groups (broad SMARTS) is 1. The minimum atomic E-state index is -0.941. The molecule has 2 aromatic heterocycles. The van der Waals surface area contributed by atoms with Crippen molar-refractivity contribution >= 4 is 41.0 Å². The summed E-state index contributed by atoms with van der Waals surface area (Å²) in [4.78, 5) is 23.0. The molecule has 0 aliphatic carbocycles. The van der Waals surface area contributed by atoms with Crippen molar-refractivity contribution in [3.8, 4) is 10.7 Å². The molecular formula is C27H25N3O2S. The van der Waals surface area contributed by atoms with Gasteiger partial charge < -0.3 is 10.4 Å². The maximum absolute atomic E-state index is 11.1. The number of thiophene rings is 1. The van der Waals surface area contributed by atoms with Crippen LogP contribution in [-0.4, -0.2) is 21.0 Å². The first-order valence-electron chi connectivity index (χ1n) is 10.9. The molecule has 0 saturated carbocycles. The van der Waals surface area contributed by atoms with Crippen molar-refractivity contribution < 1.29 is 9.90 Å². The van der Waals surface area contributed by atoms with E-state index in [0.29, 0.717) is 5.82 Å². The predicted molar refractivity (Wildman–Crippen MR) is 136 cm³/mol. The Kier molecular flexibility index (Phi) is 6.95. The summed E-state index contributed by atoms with van der Waals surface area (Å²) in [7, 11) is 0. The Morgan fingerprint density at radius 2 is 1.70 bits per heavy atom. The molecule has 2 heterocycles. The van der Waals surface area contributed by atoms with Gasteiger partial charge in [-0.15, -0.1) is 11.3 Å². The number of nitrogens with one attached hydrogen (secondary N) is 1. The molecule has 0 unspecified atom stereocenters. The van der Waals surface area contributed by atoms with Gasteiger partial charge in [0.15, 0.2) is 5.82 Å². The number of hydrogen-bond acceptors (Lipinski definition) is 5. The molecule has 33 heavy (non-hydrogen) atoms. The number of aromatic nitrogens is 2. The summed E-state index contributed by atoms with van der Waals surface area (Å²) in [5.74, 6) is 0.512. The lowest BCUT2D eigenvalue weighted by Crippen LogP contribution is -2.07. The number of benzene rings is 2. The zero-order chi connectivity index (χ0) is 23.2. The van der Waals surface area contributed by atoms with Gasteiger partial charge >= 0.3 is 5.97 Å². The number of rotatable bonds is 8. The fourth-order valence-corrected chi connectivity index (χ4v) is 4.39. The fourth-order valence-electron chi connectivity index (χ4n) is 3.55. The predicted octanol–water partition coefficient (Wildman–Crippen LogP) is 6.94. The minimum Gasteiger partial charge on any atom is -0.478 e. The second kappa shape index (κ2) is 10.2. The molecule has 0 bridgehead atoms. The van der Waals surface area contributed by atoms with Crippen LogP contribution in [0.5, 0.6) is 0 Å². The van der Waals surface area contributed by atoms with Gasteiger partial charge in [0.25, 0.3) is 0 Å². The highest BCUT2D eigenvalue weighted by Crippen LogP contribution is 2.31. The van der Waals surface area contributed by atoms with E-state index in [2.05, 4.69) is 55.6 Å². The number of carbonyl (C=O) groups is 1. The first-order chi connectivity index (χ1) is 16.1. The first-order valence-corrected chi connectivity index (χ1v) is 11.7. The summed E-state index contributed by atoms with van der Waals surface area (Å²) in [6.45, 7) is 4.19. The zero-order valence-electron chi connectivity index (χ0n) is 18.6. The second-order valence-electron chi connectivity index (χ2n) is 7.48. The molecule has 166 valence electrons. The average molecular weight is 456 g/mol. The van der Waals surface area contributed by atoms with E-state index in [4.69, 9.17) is 15.1 Å². The van der Waals surface area contributed by atoms with Crippen LogP contribution in [0.1, 0.15) is 45.9 Å². The van der Waals surface area contributed by atoms with Gasteiger partial charge in [-0.1, -0.05) is 50.3 Å². The maximum atomic E-state index is 11.1. The molecule has 0 saturated heterocycles. The van der Waals surface area contributed by atoms with E-state index in [9.17, 15) is 4.79 Å². The lowest BCUT2D eigenvalue weighted by molar-refractivity contribution is 0.0697. The molecule has 4 aromatic rings. The van der Waals surface area contributed by atoms with Crippen molar-refractivity contribution in [3.05, 3.63) is 94.0 Å². The Bertz CT molecular complexity index is 1280. The standard InChI is InChI=1S/C27H25N3O2S/c1-3-22-23(4-2)29-26(30-25(22)28-20-13-11-19(12-14-20)27(31)32)24-17-16-21(33-24)15-10-18-8-6-5-7-9-18/h5-17H,3-4H2,1-2H3,(H,31,32)(H,28,29,30)/b15-10+. The molecule has 0 radical (unpaired) electrons. The van der Waals surface area contributed by atoms with Gasteiger partial charge in [-0.3, -0.25) is 0 Å². The monoisotopic (exact) mass is 455 g/mol. The van der Waals surface area contributed by atoms with Crippen molar-refractivity contribution in [1.29, 1.82) is 0 Å². The molecule has 0 aliphatic heterocycles. The molecule has 0 aliphatic rings. The van der Waals surface area contributed by atoms with Crippen molar-refractivity contribution in [1.82, 2.24) is 9.97 Å². The Hall–Kier alpha value is -3.77. The van der Waals surface area contributed by atoms with E-state index in [0.717, 1.165) is 50.9 Å². The third kappa shape index (κ3) is 5.35. The highest BCUT2D eigenvalue weighted by atomic mass is 32.1. The Morgan fingerprint density at radius 1 is 0.939 bits per heavy atom. The van der Waals surface area contributed by atoms with Crippen LogP contribution in [0, 0.1) is 0 Å². The van der Waals surface area contributed by atoms with Gasteiger partial charge in [0.1, 0.15) is 5.82 Å². The van der Waals surface area contributed by atoms with Crippen molar-refractivity contribution in [2.24, 2.45) is 0 Å². The van der Waals surface area contributed by atoms with Gasteiger partial charge in [-0.25, -0.2) is 14.8 Å². The third-order valence-corrected chi connectivity index (χ3v) is 6.31. The SMILES string of the molecule is CCc1nc(-c2ccc(/C=C/c3ccccc3)s2)nc(Nc2ccc(C(=O)O)cc2)c1CC. The summed E-state index contributed by atoms with van der Waals surface area (Å²) in [5, 5.41) is 12.5. The zero-order valence-corrected chi connectivity index (χ0v) is 19.4. The molecule has 6 heteroatoms. The van der Waals surface area contributed by atoms with Crippen molar-refractivity contribution in [3.63, 3.8) is 0 Å². The van der Waals surface area contributed by atoms with Gasteiger partial charge in [0, 0.05) is 21.8 Å². The number of aromatic carboxylic acids is 1. The quantitative estimate of drug-likeness (QED) is 0.301. The van der Waals surface area contributed by atoms with E-state index in [1.165, 1.54) is 0 Å². The highest BCUT2D eigenvalue weighted by Gasteiger charge is 2.15. The van der Waals surface area contributed by atoms with E-state index >= 15 is 0 Å². The molecule has 2 aromatic carbocycles. The van der Waals surface area contributed by atoms with Crippen LogP contribution < -0.4 is 5.32 Å². The molecular weight excluding hydrogens is 430 g/mol. The Labute approximate surface area is 197 Å².